The van der Waals surface area contributed by atoms with E-state index in [0.29, 0.717) is 6.04 Å². The summed E-state index contributed by atoms with van der Waals surface area (Å²) in [5.41, 5.74) is 5.76. The molecule has 0 fully saturated rings. The van der Waals surface area contributed by atoms with Gasteiger partial charge in [0.15, 0.2) is 0 Å². The van der Waals surface area contributed by atoms with Crippen molar-refractivity contribution in [1.82, 2.24) is 4.90 Å². The Bertz CT molecular complexity index is 764. The van der Waals surface area contributed by atoms with Gasteiger partial charge >= 0.3 is 0 Å². The molecule has 23 heavy (non-hydrogen) atoms. The molecule has 0 aliphatic carbocycles. The first-order chi connectivity index (χ1) is 11.4. The highest BCUT2D eigenvalue weighted by Gasteiger charge is 2.26. The molecule has 3 aromatic carbocycles. The zero-order chi connectivity index (χ0) is 15.5. The quantitative estimate of drug-likeness (QED) is 0.659. The van der Waals surface area contributed by atoms with E-state index in [0.717, 1.165) is 19.5 Å². The molecule has 4 rings (SSSR count). The van der Waals surface area contributed by atoms with Crippen LogP contribution in [0.25, 0.3) is 0 Å². The maximum absolute atomic E-state index is 2.60. The lowest BCUT2D eigenvalue weighted by molar-refractivity contribution is 0.163. The van der Waals surface area contributed by atoms with Gasteiger partial charge in [-0.05, 0) is 28.7 Å². The summed E-state index contributed by atoms with van der Waals surface area (Å²) in [4.78, 5) is 2.60. The van der Waals surface area contributed by atoms with Crippen molar-refractivity contribution in [2.45, 2.75) is 25.6 Å². The van der Waals surface area contributed by atoms with Crippen LogP contribution in [-0.2, 0) is 19.5 Å². The van der Waals surface area contributed by atoms with Crippen LogP contribution in [0.4, 0.5) is 0 Å². The lowest BCUT2D eigenvalue weighted by Gasteiger charge is -2.37. The van der Waals surface area contributed by atoms with Gasteiger partial charge < -0.3 is 0 Å². The summed E-state index contributed by atoms with van der Waals surface area (Å²) in [5.74, 6) is 0. The Labute approximate surface area is 138 Å². The molecule has 3 aromatic rings. The van der Waals surface area contributed by atoms with E-state index in [4.69, 9.17) is 0 Å². The van der Waals surface area contributed by atoms with Crippen LogP contribution in [-0.4, -0.2) is 4.90 Å². The molecular weight excluding hydrogens is 278 g/mol. The van der Waals surface area contributed by atoms with Crippen molar-refractivity contribution < 1.29 is 0 Å². The van der Waals surface area contributed by atoms with E-state index in [-0.39, 0.29) is 0 Å². The first-order valence-electron chi connectivity index (χ1n) is 8.30. The van der Waals surface area contributed by atoms with E-state index in [1.165, 1.54) is 22.3 Å². The number of hydrogen-bond acceptors (Lipinski definition) is 1. The molecule has 0 amide bonds. The maximum atomic E-state index is 2.60. The minimum absolute atomic E-state index is 0.450. The van der Waals surface area contributed by atoms with E-state index in [9.17, 15) is 0 Å². The van der Waals surface area contributed by atoms with Crippen LogP contribution in [0.5, 0.6) is 0 Å². The smallest absolute Gasteiger partial charge is 0.0395 e. The largest absolute Gasteiger partial charge is 0.287 e. The molecular formula is C22H21N. The molecule has 0 N–H and O–H groups in total. The number of benzene rings is 3. The molecule has 0 bridgehead atoms. The number of fused-ring (bicyclic) bond motifs is 1. The zero-order valence-electron chi connectivity index (χ0n) is 13.2. The molecule has 0 radical (unpaired) electrons. The van der Waals surface area contributed by atoms with Crippen LogP contribution in [0.2, 0.25) is 0 Å². The summed E-state index contributed by atoms with van der Waals surface area (Å²) in [7, 11) is 0. The van der Waals surface area contributed by atoms with Crippen LogP contribution < -0.4 is 0 Å². The first kappa shape index (κ1) is 14.2. The molecule has 0 spiro atoms. The summed E-state index contributed by atoms with van der Waals surface area (Å²) in [6.07, 6.45) is 1.09. The monoisotopic (exact) mass is 299 g/mol. The Morgan fingerprint density at radius 1 is 0.696 bits per heavy atom. The summed E-state index contributed by atoms with van der Waals surface area (Å²) in [5, 5.41) is 0. The average Bonchev–Trinajstić information content (AvgIpc) is 2.63. The molecule has 1 nitrogen and oxygen atoms in total. The standard InChI is InChI=1S/C22H21N/c1-3-9-18(10-4-1)16-23-17-21-14-8-7-13-20(21)15-22(23)19-11-5-2-6-12-19/h1-14,22H,15-17H2/t22-/m0/s1. The minimum atomic E-state index is 0.450. The van der Waals surface area contributed by atoms with Gasteiger partial charge in [-0.15, -0.1) is 0 Å². The summed E-state index contributed by atoms with van der Waals surface area (Å²) >= 11 is 0. The number of rotatable bonds is 3. The van der Waals surface area contributed by atoms with Crippen molar-refractivity contribution in [2.75, 3.05) is 0 Å². The predicted octanol–water partition coefficient (Wildman–Crippen LogP) is 4.99. The number of hydrogen-bond donors (Lipinski definition) is 0. The minimum Gasteiger partial charge on any atom is -0.287 e. The van der Waals surface area contributed by atoms with Crippen molar-refractivity contribution in [3.05, 3.63) is 107 Å². The fourth-order valence-electron chi connectivity index (χ4n) is 3.57. The van der Waals surface area contributed by atoms with Crippen molar-refractivity contribution in [1.29, 1.82) is 0 Å². The van der Waals surface area contributed by atoms with Crippen molar-refractivity contribution >= 4 is 0 Å². The number of nitrogens with zero attached hydrogens (tertiary/aromatic N) is 1. The van der Waals surface area contributed by atoms with Crippen LogP contribution in [0, 0.1) is 0 Å². The van der Waals surface area contributed by atoms with Gasteiger partial charge in [0, 0.05) is 19.1 Å². The zero-order valence-corrected chi connectivity index (χ0v) is 13.2. The molecule has 114 valence electrons. The molecule has 1 atom stereocenters. The van der Waals surface area contributed by atoms with Crippen molar-refractivity contribution in [2.24, 2.45) is 0 Å². The van der Waals surface area contributed by atoms with Crippen molar-refractivity contribution in [3.63, 3.8) is 0 Å². The van der Waals surface area contributed by atoms with E-state index in [1.54, 1.807) is 0 Å². The molecule has 0 saturated carbocycles. The fraction of sp³-hybridized carbons (Fsp3) is 0.182. The van der Waals surface area contributed by atoms with Crippen LogP contribution in [0.15, 0.2) is 84.9 Å². The normalized spacial score (nSPS) is 17.7. The fourth-order valence-corrected chi connectivity index (χ4v) is 3.57. The van der Waals surface area contributed by atoms with Gasteiger partial charge in [0.1, 0.15) is 0 Å². The highest BCUT2D eigenvalue weighted by Crippen LogP contribution is 2.34. The molecule has 1 aliphatic rings. The van der Waals surface area contributed by atoms with E-state index in [1.807, 2.05) is 0 Å². The Morgan fingerprint density at radius 2 is 1.30 bits per heavy atom. The SMILES string of the molecule is c1ccc(CN2Cc3ccccc3C[C@H]2c2ccccc2)cc1. The molecule has 0 unspecified atom stereocenters. The lowest BCUT2D eigenvalue weighted by Crippen LogP contribution is -2.33. The van der Waals surface area contributed by atoms with Gasteiger partial charge in [-0.3, -0.25) is 4.90 Å². The van der Waals surface area contributed by atoms with Gasteiger partial charge in [0.25, 0.3) is 0 Å². The second-order valence-electron chi connectivity index (χ2n) is 6.29. The Hall–Kier alpha value is -2.38. The molecule has 1 heteroatoms. The first-order valence-corrected chi connectivity index (χ1v) is 8.30. The lowest BCUT2D eigenvalue weighted by atomic mass is 9.89. The summed E-state index contributed by atoms with van der Waals surface area (Å²) < 4.78 is 0. The third kappa shape index (κ3) is 3.06. The van der Waals surface area contributed by atoms with E-state index < -0.39 is 0 Å². The van der Waals surface area contributed by atoms with Gasteiger partial charge in [0.05, 0.1) is 0 Å². The van der Waals surface area contributed by atoms with Crippen LogP contribution in [0.3, 0.4) is 0 Å². The summed E-state index contributed by atoms with van der Waals surface area (Å²) in [6, 6.07) is 31.0. The van der Waals surface area contributed by atoms with Gasteiger partial charge in [-0.1, -0.05) is 84.9 Å². The molecule has 1 heterocycles. The van der Waals surface area contributed by atoms with Gasteiger partial charge in [-0.2, -0.15) is 0 Å². The van der Waals surface area contributed by atoms with Crippen LogP contribution in [0.1, 0.15) is 28.3 Å². The van der Waals surface area contributed by atoms with Gasteiger partial charge in [-0.25, -0.2) is 0 Å². The highest BCUT2D eigenvalue weighted by molar-refractivity contribution is 5.33. The average molecular weight is 299 g/mol. The second-order valence-corrected chi connectivity index (χ2v) is 6.29. The topological polar surface area (TPSA) is 3.24 Å². The molecule has 0 saturated heterocycles. The van der Waals surface area contributed by atoms with Gasteiger partial charge in [0.2, 0.25) is 0 Å². The maximum Gasteiger partial charge on any atom is 0.0395 e. The van der Waals surface area contributed by atoms with Crippen LogP contribution >= 0.6 is 0 Å². The Kier molecular flexibility index (Phi) is 3.95. The third-order valence-corrected chi connectivity index (χ3v) is 4.76. The van der Waals surface area contributed by atoms with E-state index >= 15 is 0 Å². The Morgan fingerprint density at radius 3 is 2.04 bits per heavy atom. The second kappa shape index (κ2) is 6.39. The third-order valence-electron chi connectivity index (χ3n) is 4.76. The highest BCUT2D eigenvalue weighted by atomic mass is 15.2. The van der Waals surface area contributed by atoms with E-state index in [2.05, 4.69) is 89.8 Å². The van der Waals surface area contributed by atoms with Crippen molar-refractivity contribution in [3.8, 4) is 0 Å². The Balaban J connectivity index is 1.68. The molecule has 1 aliphatic heterocycles. The molecule has 0 aromatic heterocycles. The predicted molar refractivity (Wildman–Crippen MR) is 95.0 cm³/mol. The summed E-state index contributed by atoms with van der Waals surface area (Å²) in [6.45, 7) is 2.01.